The molecule has 1 atom stereocenters. The summed E-state index contributed by atoms with van der Waals surface area (Å²) in [4.78, 5) is 13.7. The van der Waals surface area contributed by atoms with Gasteiger partial charge in [-0.3, -0.25) is 4.79 Å². The minimum Gasteiger partial charge on any atom is -0.490 e. The Morgan fingerprint density at radius 2 is 2.00 bits per heavy atom. The number of amides is 1. The molecule has 0 radical (unpaired) electrons. The highest BCUT2D eigenvalue weighted by Gasteiger charge is 2.34. The fourth-order valence-electron chi connectivity index (χ4n) is 3.49. The van der Waals surface area contributed by atoms with Crippen LogP contribution in [0.25, 0.3) is 0 Å². The molecular formula is C23H21NO4S2. The highest BCUT2D eigenvalue weighted by molar-refractivity contribution is 7.91. The number of hydrogen-bond donors (Lipinski definition) is 1. The van der Waals surface area contributed by atoms with Crippen LogP contribution in [0.15, 0.2) is 76.4 Å². The Balaban J connectivity index is 1.76. The Kier molecular flexibility index (Phi) is 5.49. The van der Waals surface area contributed by atoms with Crippen molar-refractivity contribution >= 4 is 32.8 Å². The lowest BCUT2D eigenvalue weighted by Gasteiger charge is -2.24. The lowest BCUT2D eigenvalue weighted by molar-refractivity contribution is -0.116. The highest BCUT2D eigenvalue weighted by atomic mass is 32.2. The molecule has 0 aliphatic carbocycles. The van der Waals surface area contributed by atoms with Crippen LogP contribution in [0.3, 0.4) is 0 Å². The summed E-state index contributed by atoms with van der Waals surface area (Å²) in [7, 11) is -3.74. The predicted octanol–water partition coefficient (Wildman–Crippen LogP) is 4.93. The number of nitrogens with one attached hydrogen (secondary N) is 1. The van der Waals surface area contributed by atoms with Crippen LogP contribution in [-0.2, 0) is 14.6 Å². The van der Waals surface area contributed by atoms with Crippen molar-refractivity contribution in [3.05, 3.63) is 82.6 Å². The van der Waals surface area contributed by atoms with Crippen molar-refractivity contribution in [1.82, 2.24) is 0 Å². The van der Waals surface area contributed by atoms with Crippen LogP contribution in [0.5, 0.6) is 5.75 Å². The van der Waals surface area contributed by atoms with Crippen LogP contribution >= 0.6 is 11.3 Å². The number of thiophene rings is 1. The summed E-state index contributed by atoms with van der Waals surface area (Å²) in [6.45, 7) is 5.94. The second-order valence-corrected chi connectivity index (χ2v) is 9.96. The van der Waals surface area contributed by atoms with Crippen molar-refractivity contribution in [3.8, 4) is 5.75 Å². The summed E-state index contributed by atoms with van der Waals surface area (Å²) >= 11 is 1.35. The summed E-state index contributed by atoms with van der Waals surface area (Å²) in [5.74, 6) is 0.251. The third-order valence-electron chi connectivity index (χ3n) is 5.01. The van der Waals surface area contributed by atoms with Gasteiger partial charge in [0.25, 0.3) is 0 Å². The third-order valence-corrected chi connectivity index (χ3v) is 8.04. The van der Waals surface area contributed by atoms with E-state index >= 15 is 0 Å². The van der Waals surface area contributed by atoms with E-state index in [1.807, 2.05) is 31.2 Å². The summed E-state index contributed by atoms with van der Waals surface area (Å²) in [5, 5.41) is 4.41. The van der Waals surface area contributed by atoms with Gasteiger partial charge in [0.05, 0.1) is 10.6 Å². The van der Waals surface area contributed by atoms with Crippen molar-refractivity contribution in [2.75, 3.05) is 11.9 Å². The van der Waals surface area contributed by atoms with Gasteiger partial charge in [-0.1, -0.05) is 42.5 Å². The van der Waals surface area contributed by atoms with Crippen molar-refractivity contribution in [3.63, 3.8) is 0 Å². The maximum Gasteiger partial charge on any atom is 0.225 e. The summed E-state index contributed by atoms with van der Waals surface area (Å²) in [6.07, 6.45) is 1.92. The first-order valence-corrected chi connectivity index (χ1v) is 11.8. The Morgan fingerprint density at radius 1 is 1.23 bits per heavy atom. The van der Waals surface area contributed by atoms with Gasteiger partial charge in [0.2, 0.25) is 15.7 Å². The lowest BCUT2D eigenvalue weighted by Crippen LogP contribution is -2.23. The summed E-state index contributed by atoms with van der Waals surface area (Å²) < 4.78 is 32.1. The van der Waals surface area contributed by atoms with Crippen LogP contribution in [0.1, 0.15) is 28.3 Å². The van der Waals surface area contributed by atoms with Gasteiger partial charge in [0.1, 0.15) is 17.3 Å². The standard InChI is InChI=1S/C23H21NO4S2/c1-3-11-28-17-6-4-5-16(12-17)19-13-21(25)24-22-20(14-29-23(19)22)30(26,27)18-9-7-15(2)8-10-18/h3-10,12,14,19H,1,11,13H2,2H3,(H,24,25)/t19-/m0/s1. The van der Waals surface area contributed by atoms with Crippen molar-refractivity contribution in [2.24, 2.45) is 0 Å². The molecule has 0 spiro atoms. The Hall–Kier alpha value is -2.90. The van der Waals surface area contributed by atoms with E-state index in [1.165, 1.54) is 11.3 Å². The minimum atomic E-state index is -3.74. The Morgan fingerprint density at radius 3 is 2.73 bits per heavy atom. The van der Waals surface area contributed by atoms with Crippen molar-refractivity contribution < 1.29 is 17.9 Å². The molecule has 5 nitrogen and oxygen atoms in total. The number of rotatable bonds is 6. The number of aryl methyl sites for hydroxylation is 1. The average molecular weight is 440 g/mol. The number of hydrogen-bond acceptors (Lipinski definition) is 5. The zero-order valence-electron chi connectivity index (χ0n) is 16.4. The lowest BCUT2D eigenvalue weighted by atomic mass is 9.90. The van der Waals surface area contributed by atoms with Crippen molar-refractivity contribution in [1.29, 1.82) is 0 Å². The molecular weight excluding hydrogens is 418 g/mol. The van der Waals surface area contributed by atoms with Crippen LogP contribution in [0.4, 0.5) is 5.69 Å². The van der Waals surface area contributed by atoms with Crippen molar-refractivity contribution in [2.45, 2.75) is 29.1 Å². The number of benzene rings is 2. The molecule has 0 fully saturated rings. The Labute approximate surface area is 179 Å². The molecule has 0 saturated heterocycles. The number of fused-ring (bicyclic) bond motifs is 1. The molecule has 4 rings (SSSR count). The largest absolute Gasteiger partial charge is 0.490 e. The molecule has 1 aliphatic heterocycles. The quantitative estimate of drug-likeness (QED) is 0.553. The van der Waals surface area contributed by atoms with Gasteiger partial charge in [-0.05, 0) is 36.8 Å². The van der Waals surface area contributed by atoms with Crippen LogP contribution in [0, 0.1) is 6.92 Å². The molecule has 2 heterocycles. The minimum absolute atomic E-state index is 0.142. The molecule has 7 heteroatoms. The number of ether oxygens (including phenoxy) is 1. The molecule has 0 unspecified atom stereocenters. The van der Waals surface area contributed by atoms with E-state index < -0.39 is 9.84 Å². The van der Waals surface area contributed by atoms with Crippen LogP contribution < -0.4 is 10.1 Å². The first-order valence-electron chi connectivity index (χ1n) is 9.47. The van der Waals surface area contributed by atoms with Crippen LogP contribution in [0.2, 0.25) is 0 Å². The molecule has 1 N–H and O–H groups in total. The molecule has 2 aromatic carbocycles. The topological polar surface area (TPSA) is 72.5 Å². The van der Waals surface area contributed by atoms with Gasteiger partial charge in [-0.25, -0.2) is 8.42 Å². The van der Waals surface area contributed by atoms with E-state index in [9.17, 15) is 13.2 Å². The molecule has 154 valence electrons. The van der Waals surface area contributed by atoms with E-state index in [0.717, 1.165) is 16.0 Å². The van der Waals surface area contributed by atoms with E-state index in [0.29, 0.717) is 18.0 Å². The van der Waals surface area contributed by atoms with Gasteiger partial charge in [0.15, 0.2) is 0 Å². The van der Waals surface area contributed by atoms with Gasteiger partial charge in [-0.2, -0.15) is 0 Å². The Bertz CT molecular complexity index is 1210. The van der Waals surface area contributed by atoms with Crippen LogP contribution in [-0.4, -0.2) is 20.9 Å². The average Bonchev–Trinajstić information content (AvgIpc) is 3.16. The molecule has 0 saturated carbocycles. The van der Waals surface area contributed by atoms with E-state index in [-0.39, 0.29) is 28.0 Å². The predicted molar refractivity (Wildman–Crippen MR) is 118 cm³/mol. The number of anilines is 1. The van der Waals surface area contributed by atoms with E-state index in [2.05, 4.69) is 11.9 Å². The van der Waals surface area contributed by atoms with E-state index in [1.54, 1.807) is 35.7 Å². The molecule has 1 amide bonds. The monoisotopic (exact) mass is 439 g/mol. The second-order valence-electron chi connectivity index (χ2n) is 7.13. The first-order chi connectivity index (χ1) is 14.4. The van der Waals surface area contributed by atoms with Gasteiger partial charge >= 0.3 is 0 Å². The molecule has 0 bridgehead atoms. The second kappa shape index (κ2) is 8.08. The molecule has 1 aliphatic rings. The summed E-state index contributed by atoms with van der Waals surface area (Å²) in [5.41, 5.74) is 2.28. The van der Waals surface area contributed by atoms with Gasteiger partial charge in [-0.15, -0.1) is 11.3 Å². The SMILES string of the molecule is C=CCOc1cccc([C@@H]2CC(=O)Nc3c(S(=O)(=O)c4ccc(C)cc4)csc32)c1. The number of carbonyl (C=O) groups is 1. The fraction of sp³-hybridized carbons (Fsp3) is 0.174. The molecule has 1 aromatic heterocycles. The molecule has 3 aromatic rings. The van der Waals surface area contributed by atoms with E-state index in [4.69, 9.17) is 4.74 Å². The molecule has 30 heavy (non-hydrogen) atoms. The summed E-state index contributed by atoms with van der Waals surface area (Å²) in [6, 6.07) is 14.3. The number of carbonyl (C=O) groups excluding carboxylic acids is 1. The maximum atomic E-state index is 13.2. The fourth-order valence-corrected chi connectivity index (χ4v) is 6.40. The van der Waals surface area contributed by atoms with Gasteiger partial charge in [0, 0.05) is 22.6 Å². The zero-order chi connectivity index (χ0) is 21.3. The maximum absolute atomic E-state index is 13.2. The third kappa shape index (κ3) is 3.78. The zero-order valence-corrected chi connectivity index (χ0v) is 18.1. The van der Waals surface area contributed by atoms with Gasteiger partial charge < -0.3 is 10.1 Å². The highest BCUT2D eigenvalue weighted by Crippen LogP contribution is 2.46. The number of sulfone groups is 1. The normalized spacial score (nSPS) is 15.9. The first kappa shape index (κ1) is 20.4. The smallest absolute Gasteiger partial charge is 0.225 e.